The third-order valence-electron chi connectivity index (χ3n) is 3.60. The average Bonchev–Trinajstić information content (AvgIpc) is 2.57. The van der Waals surface area contributed by atoms with Gasteiger partial charge in [-0.2, -0.15) is 0 Å². The standard InChI is InChI=1S/C17H20ClN3O2.2ClH/c1-3-11(2)16(19)17(22)21-13-5-7-14(8-6-13)23-15-9-4-12(18)10-20-15;;/h4-11,16H,3,19H2,1-2H3,(H,21,22);2*1H. The molecule has 138 valence electrons. The number of pyridine rings is 1. The molecule has 1 amide bonds. The molecule has 0 spiro atoms. The molecule has 0 fully saturated rings. The van der Waals surface area contributed by atoms with Crippen molar-refractivity contribution in [1.82, 2.24) is 4.98 Å². The average molecular weight is 407 g/mol. The lowest BCUT2D eigenvalue weighted by Gasteiger charge is -2.17. The molecule has 3 N–H and O–H groups in total. The minimum absolute atomic E-state index is 0. The molecule has 1 aromatic carbocycles. The second-order valence-corrected chi connectivity index (χ2v) is 5.78. The van der Waals surface area contributed by atoms with E-state index < -0.39 is 6.04 Å². The minimum Gasteiger partial charge on any atom is -0.439 e. The molecule has 25 heavy (non-hydrogen) atoms. The Hall–Kier alpha value is -1.53. The third-order valence-corrected chi connectivity index (χ3v) is 3.83. The van der Waals surface area contributed by atoms with Crippen molar-refractivity contribution in [2.75, 3.05) is 5.32 Å². The Labute approximate surface area is 165 Å². The van der Waals surface area contributed by atoms with E-state index in [0.717, 1.165) is 6.42 Å². The lowest BCUT2D eigenvalue weighted by molar-refractivity contribution is -0.118. The van der Waals surface area contributed by atoms with Crippen molar-refractivity contribution in [2.24, 2.45) is 11.7 Å². The third kappa shape index (κ3) is 7.08. The number of halogens is 3. The van der Waals surface area contributed by atoms with Gasteiger partial charge in [-0.25, -0.2) is 4.98 Å². The molecule has 0 radical (unpaired) electrons. The number of carbonyl (C=O) groups excluding carboxylic acids is 1. The van der Waals surface area contributed by atoms with E-state index in [2.05, 4.69) is 10.3 Å². The highest BCUT2D eigenvalue weighted by Crippen LogP contribution is 2.22. The van der Waals surface area contributed by atoms with Crippen LogP contribution in [0, 0.1) is 5.92 Å². The predicted molar refractivity (Wildman–Crippen MR) is 106 cm³/mol. The van der Waals surface area contributed by atoms with Gasteiger partial charge in [0.15, 0.2) is 0 Å². The Kier molecular flexibility index (Phi) is 10.5. The van der Waals surface area contributed by atoms with Gasteiger partial charge in [-0.05, 0) is 36.2 Å². The van der Waals surface area contributed by atoms with E-state index in [-0.39, 0.29) is 36.6 Å². The van der Waals surface area contributed by atoms with Crippen molar-refractivity contribution in [3.63, 3.8) is 0 Å². The van der Waals surface area contributed by atoms with Crippen molar-refractivity contribution in [3.8, 4) is 11.6 Å². The van der Waals surface area contributed by atoms with Crippen LogP contribution < -0.4 is 15.8 Å². The molecule has 2 rings (SSSR count). The summed E-state index contributed by atoms with van der Waals surface area (Å²) in [7, 11) is 0. The first-order chi connectivity index (χ1) is 11.0. The van der Waals surface area contributed by atoms with Crippen molar-refractivity contribution in [2.45, 2.75) is 26.3 Å². The molecule has 0 aliphatic carbocycles. The molecule has 8 heteroatoms. The molecule has 5 nitrogen and oxygen atoms in total. The highest BCUT2D eigenvalue weighted by molar-refractivity contribution is 6.30. The van der Waals surface area contributed by atoms with Crippen LogP contribution in [0.3, 0.4) is 0 Å². The number of nitrogens with two attached hydrogens (primary N) is 1. The molecule has 1 aromatic heterocycles. The number of benzene rings is 1. The van der Waals surface area contributed by atoms with Gasteiger partial charge >= 0.3 is 0 Å². The van der Waals surface area contributed by atoms with Crippen LogP contribution in [0.15, 0.2) is 42.6 Å². The van der Waals surface area contributed by atoms with E-state index in [1.807, 2.05) is 13.8 Å². The Balaban J connectivity index is 0.00000288. The van der Waals surface area contributed by atoms with E-state index in [9.17, 15) is 4.79 Å². The first-order valence-electron chi connectivity index (χ1n) is 7.45. The molecular formula is C17H22Cl3N3O2. The van der Waals surface area contributed by atoms with Gasteiger partial charge in [0.25, 0.3) is 0 Å². The monoisotopic (exact) mass is 405 g/mol. The molecule has 2 unspecified atom stereocenters. The van der Waals surface area contributed by atoms with Crippen molar-refractivity contribution in [1.29, 1.82) is 0 Å². The Morgan fingerprint density at radius 3 is 2.40 bits per heavy atom. The summed E-state index contributed by atoms with van der Waals surface area (Å²) >= 11 is 5.77. The van der Waals surface area contributed by atoms with Gasteiger partial charge in [0.2, 0.25) is 11.8 Å². The fourth-order valence-electron chi connectivity index (χ4n) is 1.89. The lowest BCUT2D eigenvalue weighted by Crippen LogP contribution is -2.40. The molecule has 0 saturated carbocycles. The van der Waals surface area contributed by atoms with Crippen LogP contribution in [-0.2, 0) is 4.79 Å². The van der Waals surface area contributed by atoms with Gasteiger partial charge in [-0.1, -0.05) is 31.9 Å². The van der Waals surface area contributed by atoms with Gasteiger partial charge in [0.05, 0.1) is 11.1 Å². The highest BCUT2D eigenvalue weighted by Gasteiger charge is 2.19. The number of rotatable bonds is 6. The van der Waals surface area contributed by atoms with E-state index >= 15 is 0 Å². The summed E-state index contributed by atoms with van der Waals surface area (Å²) in [5, 5.41) is 3.35. The van der Waals surface area contributed by atoms with Crippen LogP contribution in [0.2, 0.25) is 5.02 Å². The van der Waals surface area contributed by atoms with Crippen LogP contribution in [0.25, 0.3) is 0 Å². The van der Waals surface area contributed by atoms with Crippen molar-refractivity contribution >= 4 is 48.0 Å². The summed E-state index contributed by atoms with van der Waals surface area (Å²) in [6, 6.07) is 9.88. The number of hydrogen-bond donors (Lipinski definition) is 2. The van der Waals surface area contributed by atoms with E-state index in [4.69, 9.17) is 22.1 Å². The first-order valence-corrected chi connectivity index (χ1v) is 7.83. The van der Waals surface area contributed by atoms with Crippen LogP contribution in [0.5, 0.6) is 11.6 Å². The SMILES string of the molecule is CCC(C)C(N)C(=O)Nc1ccc(Oc2ccc(Cl)cn2)cc1.Cl.Cl. The maximum absolute atomic E-state index is 12.0. The summed E-state index contributed by atoms with van der Waals surface area (Å²) in [5.41, 5.74) is 6.58. The summed E-state index contributed by atoms with van der Waals surface area (Å²) < 4.78 is 5.59. The fraction of sp³-hybridized carbons (Fsp3) is 0.294. The molecule has 1 heterocycles. The zero-order valence-electron chi connectivity index (χ0n) is 13.9. The smallest absolute Gasteiger partial charge is 0.241 e. The van der Waals surface area contributed by atoms with Crippen molar-refractivity contribution < 1.29 is 9.53 Å². The second-order valence-electron chi connectivity index (χ2n) is 5.34. The summed E-state index contributed by atoms with van der Waals surface area (Å²) in [4.78, 5) is 16.1. The maximum atomic E-state index is 12.0. The maximum Gasteiger partial charge on any atom is 0.241 e. The lowest BCUT2D eigenvalue weighted by atomic mass is 9.99. The number of anilines is 1. The van der Waals surface area contributed by atoms with Crippen LogP contribution in [0.1, 0.15) is 20.3 Å². The zero-order valence-corrected chi connectivity index (χ0v) is 16.3. The van der Waals surface area contributed by atoms with Gasteiger partial charge in [-0.15, -0.1) is 24.8 Å². The minimum atomic E-state index is -0.519. The van der Waals surface area contributed by atoms with Crippen molar-refractivity contribution in [3.05, 3.63) is 47.6 Å². The quantitative estimate of drug-likeness (QED) is 0.730. The summed E-state index contributed by atoms with van der Waals surface area (Å²) in [6.07, 6.45) is 2.37. The van der Waals surface area contributed by atoms with Gasteiger partial charge < -0.3 is 15.8 Å². The number of nitrogens with one attached hydrogen (secondary N) is 1. The Morgan fingerprint density at radius 2 is 1.88 bits per heavy atom. The van der Waals surface area contributed by atoms with Crippen LogP contribution in [0.4, 0.5) is 5.69 Å². The zero-order chi connectivity index (χ0) is 16.8. The number of ether oxygens (including phenoxy) is 1. The second kappa shape index (κ2) is 11.2. The molecular weight excluding hydrogens is 385 g/mol. The molecule has 0 bridgehead atoms. The molecule has 2 aromatic rings. The number of amides is 1. The Bertz CT molecular complexity index is 651. The predicted octanol–water partition coefficient (Wildman–Crippen LogP) is 4.68. The van der Waals surface area contributed by atoms with Crippen LogP contribution >= 0.6 is 36.4 Å². The normalized spacial score (nSPS) is 12.2. The molecule has 0 aliphatic heterocycles. The Morgan fingerprint density at radius 1 is 1.24 bits per heavy atom. The largest absolute Gasteiger partial charge is 0.439 e. The van der Waals surface area contributed by atoms with Gasteiger partial charge in [0, 0.05) is 18.0 Å². The number of nitrogens with zero attached hydrogens (tertiary/aromatic N) is 1. The topological polar surface area (TPSA) is 77.2 Å². The first kappa shape index (κ1) is 23.5. The molecule has 2 atom stereocenters. The fourth-order valence-corrected chi connectivity index (χ4v) is 2.00. The van der Waals surface area contributed by atoms with Crippen LogP contribution in [-0.4, -0.2) is 16.9 Å². The van der Waals surface area contributed by atoms with E-state index in [1.165, 1.54) is 6.20 Å². The highest BCUT2D eigenvalue weighted by atomic mass is 35.5. The van der Waals surface area contributed by atoms with Gasteiger partial charge in [0.1, 0.15) is 5.75 Å². The summed E-state index contributed by atoms with van der Waals surface area (Å²) in [6.45, 7) is 3.97. The van der Waals surface area contributed by atoms with Gasteiger partial charge in [-0.3, -0.25) is 4.79 Å². The summed E-state index contributed by atoms with van der Waals surface area (Å²) in [5.74, 6) is 1.01. The molecule has 0 saturated heterocycles. The number of carbonyl (C=O) groups is 1. The number of aromatic nitrogens is 1. The van der Waals surface area contributed by atoms with E-state index in [0.29, 0.717) is 22.3 Å². The van der Waals surface area contributed by atoms with E-state index in [1.54, 1.807) is 36.4 Å². The number of hydrogen-bond acceptors (Lipinski definition) is 4. The molecule has 0 aliphatic rings.